The fourth-order valence-electron chi connectivity index (χ4n) is 1.24. The smallest absolute Gasteiger partial charge is 0.302 e. The Morgan fingerprint density at radius 1 is 1.50 bits per heavy atom. The molecule has 5 heteroatoms. The largest absolute Gasteiger partial charge is 0.329 e. The number of nitrogens with zero attached hydrogens (tertiary/aromatic N) is 1. The van der Waals surface area contributed by atoms with Crippen molar-refractivity contribution in [2.24, 2.45) is 5.73 Å². The van der Waals surface area contributed by atoms with E-state index in [1.807, 2.05) is 20.8 Å². The maximum absolute atomic E-state index is 13.4. The predicted molar refractivity (Wildman–Crippen MR) is 52.8 cm³/mol. The molecule has 0 saturated carbocycles. The van der Waals surface area contributed by atoms with Crippen LogP contribution in [-0.4, -0.2) is 16.3 Å². The summed E-state index contributed by atoms with van der Waals surface area (Å²) in [6.45, 7) is 6.14. The van der Waals surface area contributed by atoms with E-state index in [-0.39, 0.29) is 0 Å². The van der Waals surface area contributed by atoms with Gasteiger partial charge in [-0.05, 0) is 0 Å². The summed E-state index contributed by atoms with van der Waals surface area (Å²) in [5, 5.41) is 2.74. The highest BCUT2D eigenvalue weighted by atomic mass is 19.1. The molecule has 4 nitrogen and oxygen atoms in total. The fraction of sp³-hybridized carbons (Fsp3) is 0.667. The lowest BCUT2D eigenvalue weighted by molar-refractivity contribution is 0.504. The molecule has 1 aromatic heterocycles. The van der Waals surface area contributed by atoms with Crippen LogP contribution in [0.4, 0.5) is 4.39 Å². The van der Waals surface area contributed by atoms with Crippen molar-refractivity contribution >= 4 is 0 Å². The Morgan fingerprint density at radius 2 is 2.07 bits per heavy atom. The molecule has 0 bridgehead atoms. The van der Waals surface area contributed by atoms with Crippen LogP contribution in [-0.2, 0) is 12.0 Å². The summed E-state index contributed by atoms with van der Waals surface area (Å²) >= 11 is 0. The van der Waals surface area contributed by atoms with Gasteiger partial charge < -0.3 is 5.73 Å². The topological polar surface area (TPSA) is 63.8 Å². The van der Waals surface area contributed by atoms with Gasteiger partial charge in [-0.3, -0.25) is 9.89 Å². The van der Waals surface area contributed by atoms with Gasteiger partial charge >= 0.3 is 5.56 Å². The molecule has 0 saturated heterocycles. The van der Waals surface area contributed by atoms with E-state index >= 15 is 0 Å². The number of hydrogen-bond acceptors (Lipinski definition) is 2. The highest BCUT2D eigenvalue weighted by Gasteiger charge is 2.24. The third-order valence-corrected chi connectivity index (χ3v) is 2.00. The first kappa shape index (κ1) is 11.0. The van der Waals surface area contributed by atoms with E-state index in [4.69, 9.17) is 5.73 Å². The molecule has 0 fully saturated rings. The van der Waals surface area contributed by atoms with Crippen LogP contribution in [0.1, 0.15) is 26.5 Å². The first-order valence-electron chi connectivity index (χ1n) is 4.56. The van der Waals surface area contributed by atoms with Crippen molar-refractivity contribution in [3.8, 4) is 0 Å². The normalized spacial score (nSPS) is 12.1. The number of aromatic amines is 1. The molecule has 1 rings (SSSR count). The van der Waals surface area contributed by atoms with Gasteiger partial charge in [0.1, 0.15) is 0 Å². The molecule has 0 aliphatic heterocycles. The van der Waals surface area contributed by atoms with Gasteiger partial charge in [-0.25, -0.2) is 4.68 Å². The van der Waals surface area contributed by atoms with Crippen LogP contribution in [0.5, 0.6) is 0 Å². The van der Waals surface area contributed by atoms with Crippen LogP contribution in [0.25, 0.3) is 0 Å². The Morgan fingerprint density at radius 3 is 2.43 bits per heavy atom. The second-order valence-corrected chi connectivity index (χ2v) is 4.30. The van der Waals surface area contributed by atoms with Crippen molar-refractivity contribution in [3.05, 3.63) is 21.9 Å². The van der Waals surface area contributed by atoms with Crippen LogP contribution in [0.15, 0.2) is 4.79 Å². The highest BCUT2D eigenvalue weighted by molar-refractivity contribution is 5.13. The number of nitrogens with one attached hydrogen (secondary N) is 1. The molecule has 0 amide bonds. The first-order valence-corrected chi connectivity index (χ1v) is 4.56. The number of halogens is 1. The van der Waals surface area contributed by atoms with Gasteiger partial charge in [0.15, 0.2) is 0 Å². The van der Waals surface area contributed by atoms with Gasteiger partial charge in [-0.15, -0.1) is 0 Å². The summed E-state index contributed by atoms with van der Waals surface area (Å²) in [6, 6.07) is 0. The van der Waals surface area contributed by atoms with E-state index in [0.29, 0.717) is 18.8 Å². The minimum atomic E-state index is -0.703. The molecule has 14 heavy (non-hydrogen) atoms. The van der Waals surface area contributed by atoms with E-state index in [1.54, 1.807) is 0 Å². The standard InChI is InChI=1S/C9H16FN3O/c1-9(2,3)7-6(10)8(14)13(12-7)5-4-11/h12H,4-5,11H2,1-3H3. The van der Waals surface area contributed by atoms with Crippen LogP contribution < -0.4 is 11.3 Å². The molecule has 80 valence electrons. The minimum absolute atomic E-state index is 0.309. The van der Waals surface area contributed by atoms with E-state index < -0.39 is 16.8 Å². The van der Waals surface area contributed by atoms with Crippen molar-refractivity contribution in [2.45, 2.75) is 32.7 Å². The van der Waals surface area contributed by atoms with Gasteiger partial charge in [-0.2, -0.15) is 4.39 Å². The third kappa shape index (κ3) is 1.87. The Kier molecular flexibility index (Phi) is 2.80. The van der Waals surface area contributed by atoms with Crippen molar-refractivity contribution in [2.75, 3.05) is 6.54 Å². The van der Waals surface area contributed by atoms with Gasteiger partial charge in [-0.1, -0.05) is 20.8 Å². The SMILES string of the molecule is CC(C)(C)c1[nH]n(CCN)c(=O)c1F. The number of nitrogens with two attached hydrogens (primary N) is 1. The Labute approximate surface area is 81.9 Å². The molecule has 0 aromatic carbocycles. The van der Waals surface area contributed by atoms with Crippen molar-refractivity contribution < 1.29 is 4.39 Å². The molecule has 0 spiro atoms. The molecule has 1 aromatic rings. The molecular weight excluding hydrogens is 185 g/mol. The van der Waals surface area contributed by atoms with E-state index in [9.17, 15) is 9.18 Å². The number of aromatic nitrogens is 2. The van der Waals surface area contributed by atoms with Gasteiger partial charge in [0.2, 0.25) is 5.82 Å². The average molecular weight is 201 g/mol. The number of rotatable bonds is 2. The highest BCUT2D eigenvalue weighted by Crippen LogP contribution is 2.20. The maximum atomic E-state index is 13.4. The maximum Gasteiger partial charge on any atom is 0.302 e. The zero-order valence-electron chi connectivity index (χ0n) is 8.72. The quantitative estimate of drug-likeness (QED) is 0.734. The van der Waals surface area contributed by atoms with Crippen molar-refractivity contribution in [3.63, 3.8) is 0 Å². The van der Waals surface area contributed by atoms with Crippen LogP contribution >= 0.6 is 0 Å². The minimum Gasteiger partial charge on any atom is -0.329 e. The van der Waals surface area contributed by atoms with Crippen molar-refractivity contribution in [1.82, 2.24) is 9.78 Å². The second-order valence-electron chi connectivity index (χ2n) is 4.30. The summed E-state index contributed by atoms with van der Waals surface area (Å²) in [7, 11) is 0. The summed E-state index contributed by atoms with van der Waals surface area (Å²) in [4.78, 5) is 11.3. The lowest BCUT2D eigenvalue weighted by Gasteiger charge is -2.15. The molecular formula is C9H16FN3O. The number of H-pyrrole nitrogens is 1. The third-order valence-electron chi connectivity index (χ3n) is 2.00. The lowest BCUT2D eigenvalue weighted by Crippen LogP contribution is -2.22. The van der Waals surface area contributed by atoms with Crippen LogP contribution in [0.3, 0.4) is 0 Å². The monoisotopic (exact) mass is 201 g/mol. The zero-order chi connectivity index (χ0) is 10.9. The van der Waals surface area contributed by atoms with Gasteiger partial charge in [0, 0.05) is 12.0 Å². The first-order chi connectivity index (χ1) is 6.38. The molecule has 0 radical (unpaired) electrons. The Hall–Kier alpha value is -1.10. The molecule has 0 atom stereocenters. The zero-order valence-corrected chi connectivity index (χ0v) is 8.72. The molecule has 0 unspecified atom stereocenters. The van der Waals surface area contributed by atoms with E-state index in [2.05, 4.69) is 5.10 Å². The predicted octanol–water partition coefficient (Wildman–Crippen LogP) is 0.572. The summed E-state index contributed by atoms with van der Waals surface area (Å²) in [5.41, 5.74) is 4.60. The molecule has 0 aliphatic carbocycles. The fourth-order valence-corrected chi connectivity index (χ4v) is 1.24. The summed E-state index contributed by atoms with van der Waals surface area (Å²) in [6.07, 6.45) is 0. The van der Waals surface area contributed by atoms with E-state index in [0.717, 1.165) is 0 Å². The molecule has 0 aliphatic rings. The Bertz CT molecular complexity index is 372. The van der Waals surface area contributed by atoms with Crippen LogP contribution in [0, 0.1) is 5.82 Å². The van der Waals surface area contributed by atoms with Crippen molar-refractivity contribution in [1.29, 1.82) is 0 Å². The molecule has 1 heterocycles. The van der Waals surface area contributed by atoms with Gasteiger partial charge in [0.05, 0.1) is 12.2 Å². The number of hydrogen-bond donors (Lipinski definition) is 2. The molecule has 3 N–H and O–H groups in total. The van der Waals surface area contributed by atoms with Gasteiger partial charge in [0.25, 0.3) is 0 Å². The van der Waals surface area contributed by atoms with Crippen LogP contribution in [0.2, 0.25) is 0 Å². The average Bonchev–Trinajstić information content (AvgIpc) is 2.32. The second kappa shape index (κ2) is 3.57. The summed E-state index contributed by atoms with van der Waals surface area (Å²) < 4.78 is 14.6. The summed E-state index contributed by atoms with van der Waals surface area (Å²) in [5.74, 6) is -0.703. The lowest BCUT2D eigenvalue weighted by atomic mass is 9.92. The Balaban J connectivity index is 3.22. The van der Waals surface area contributed by atoms with E-state index in [1.165, 1.54) is 4.68 Å².